The maximum Gasteiger partial charge on any atom is 0.311 e. The quantitative estimate of drug-likeness (QED) is 0.453. The molecule has 4 rings (SSSR count). The van der Waals surface area contributed by atoms with Gasteiger partial charge in [-0.15, -0.1) is 0 Å². The number of hydrogen-bond acceptors (Lipinski definition) is 5. The summed E-state index contributed by atoms with van der Waals surface area (Å²) in [6.45, 7) is 3.79. The van der Waals surface area contributed by atoms with Crippen LogP contribution >= 0.6 is 11.6 Å². The molecular weight excluding hydrogens is 468 g/mol. The van der Waals surface area contributed by atoms with E-state index in [1.807, 2.05) is 32.0 Å². The summed E-state index contributed by atoms with van der Waals surface area (Å²) < 4.78 is 11.0. The van der Waals surface area contributed by atoms with Crippen LogP contribution in [0.25, 0.3) is 0 Å². The first-order valence-corrected chi connectivity index (χ1v) is 11.5. The molecule has 0 unspecified atom stereocenters. The molecule has 7 nitrogen and oxygen atoms in total. The SMILES string of the molecule is Cc1ccc(Oc2ccc(N3C[C@H](C(=O)OCC(=O)Nc4ccccc4Cl)CC3=O)cc2)cc1C. The van der Waals surface area contributed by atoms with Gasteiger partial charge in [0.25, 0.3) is 5.91 Å². The van der Waals surface area contributed by atoms with Gasteiger partial charge in [0.15, 0.2) is 6.61 Å². The minimum Gasteiger partial charge on any atom is -0.457 e. The molecule has 0 bridgehead atoms. The summed E-state index contributed by atoms with van der Waals surface area (Å²) in [5.41, 5.74) is 3.42. The molecule has 1 N–H and O–H groups in total. The number of halogens is 1. The highest BCUT2D eigenvalue weighted by atomic mass is 35.5. The number of nitrogens with zero attached hydrogens (tertiary/aromatic N) is 1. The van der Waals surface area contributed by atoms with Gasteiger partial charge in [0.05, 0.1) is 16.6 Å². The van der Waals surface area contributed by atoms with E-state index in [0.29, 0.717) is 22.1 Å². The maximum absolute atomic E-state index is 12.5. The van der Waals surface area contributed by atoms with Crippen LogP contribution in [0.2, 0.25) is 5.02 Å². The standard InChI is InChI=1S/C27H25ClN2O5/c1-17-7-10-22(13-18(17)2)35-21-11-8-20(9-12-21)30-15-19(14-26(30)32)27(33)34-16-25(31)29-24-6-4-3-5-23(24)28/h3-13,19H,14-16H2,1-2H3,(H,29,31)/t19-/m1/s1. The Kier molecular flexibility index (Phi) is 7.36. The molecule has 1 atom stereocenters. The highest BCUT2D eigenvalue weighted by Crippen LogP contribution is 2.30. The van der Waals surface area contributed by atoms with Crippen molar-refractivity contribution in [1.29, 1.82) is 0 Å². The van der Waals surface area contributed by atoms with E-state index in [0.717, 1.165) is 11.3 Å². The zero-order valence-corrected chi connectivity index (χ0v) is 20.2. The second-order valence-electron chi connectivity index (χ2n) is 8.38. The van der Waals surface area contributed by atoms with Crippen LogP contribution in [0, 0.1) is 19.8 Å². The van der Waals surface area contributed by atoms with Gasteiger partial charge in [0.1, 0.15) is 11.5 Å². The normalized spacial score (nSPS) is 15.1. The Morgan fingerprint density at radius 2 is 1.71 bits per heavy atom. The Morgan fingerprint density at radius 1 is 1.00 bits per heavy atom. The van der Waals surface area contributed by atoms with Crippen LogP contribution in [0.1, 0.15) is 17.5 Å². The summed E-state index contributed by atoms with van der Waals surface area (Å²) in [4.78, 5) is 38.7. The molecule has 35 heavy (non-hydrogen) atoms. The van der Waals surface area contributed by atoms with Crippen LogP contribution in [0.15, 0.2) is 66.7 Å². The van der Waals surface area contributed by atoms with E-state index in [1.54, 1.807) is 48.5 Å². The zero-order chi connectivity index (χ0) is 24.9. The van der Waals surface area contributed by atoms with Gasteiger partial charge >= 0.3 is 5.97 Å². The Morgan fingerprint density at radius 3 is 2.43 bits per heavy atom. The molecule has 2 amide bonds. The Balaban J connectivity index is 1.30. The zero-order valence-electron chi connectivity index (χ0n) is 19.4. The average Bonchev–Trinajstić information content (AvgIpc) is 3.23. The molecule has 0 saturated carbocycles. The smallest absolute Gasteiger partial charge is 0.311 e. The number of aryl methyl sites for hydroxylation is 2. The Hall–Kier alpha value is -3.84. The summed E-state index contributed by atoms with van der Waals surface area (Å²) in [6, 6.07) is 19.8. The minimum absolute atomic E-state index is 0.0197. The molecule has 0 aromatic heterocycles. The van der Waals surface area contributed by atoms with Crippen molar-refractivity contribution in [3.63, 3.8) is 0 Å². The Bertz CT molecular complexity index is 1260. The molecule has 1 saturated heterocycles. The molecule has 1 aliphatic heterocycles. The van der Waals surface area contributed by atoms with E-state index >= 15 is 0 Å². The number of ether oxygens (including phenoxy) is 2. The number of rotatable bonds is 7. The molecule has 180 valence electrons. The van der Waals surface area contributed by atoms with Gasteiger partial charge in [0, 0.05) is 18.7 Å². The van der Waals surface area contributed by atoms with Gasteiger partial charge in [-0.05, 0) is 73.5 Å². The molecule has 3 aromatic rings. The average molecular weight is 493 g/mol. The largest absolute Gasteiger partial charge is 0.457 e. The van der Waals surface area contributed by atoms with Crippen molar-refractivity contribution in [3.05, 3.63) is 82.9 Å². The van der Waals surface area contributed by atoms with Gasteiger partial charge in [-0.25, -0.2) is 0 Å². The third-order valence-corrected chi connectivity index (χ3v) is 6.14. The second-order valence-corrected chi connectivity index (χ2v) is 8.79. The number of carbonyl (C=O) groups excluding carboxylic acids is 3. The molecule has 0 radical (unpaired) electrons. The first-order valence-electron chi connectivity index (χ1n) is 11.2. The molecule has 1 heterocycles. The fourth-order valence-electron chi connectivity index (χ4n) is 3.73. The fraction of sp³-hybridized carbons (Fsp3) is 0.222. The van der Waals surface area contributed by atoms with Crippen LogP contribution in [0.4, 0.5) is 11.4 Å². The van der Waals surface area contributed by atoms with Crippen molar-refractivity contribution < 1.29 is 23.9 Å². The lowest BCUT2D eigenvalue weighted by Gasteiger charge is -2.17. The van der Waals surface area contributed by atoms with E-state index in [2.05, 4.69) is 5.32 Å². The molecule has 1 fully saturated rings. The summed E-state index contributed by atoms with van der Waals surface area (Å²) in [5, 5.41) is 2.97. The molecule has 3 aromatic carbocycles. The highest BCUT2D eigenvalue weighted by molar-refractivity contribution is 6.33. The van der Waals surface area contributed by atoms with Crippen LogP contribution in [0.5, 0.6) is 11.5 Å². The van der Waals surface area contributed by atoms with Crippen LogP contribution in [-0.4, -0.2) is 30.9 Å². The van der Waals surface area contributed by atoms with E-state index in [1.165, 1.54) is 10.5 Å². The van der Waals surface area contributed by atoms with Crippen molar-refractivity contribution >= 4 is 40.8 Å². The maximum atomic E-state index is 12.5. The first-order chi connectivity index (χ1) is 16.8. The van der Waals surface area contributed by atoms with Gasteiger partial charge < -0.3 is 19.7 Å². The van der Waals surface area contributed by atoms with E-state index in [9.17, 15) is 14.4 Å². The third-order valence-electron chi connectivity index (χ3n) is 5.81. The number of nitrogens with one attached hydrogen (secondary N) is 1. The number of anilines is 2. The fourth-order valence-corrected chi connectivity index (χ4v) is 3.91. The predicted octanol–water partition coefficient (Wildman–Crippen LogP) is 5.28. The van der Waals surface area contributed by atoms with Crippen molar-refractivity contribution in [2.24, 2.45) is 5.92 Å². The van der Waals surface area contributed by atoms with Crippen molar-refractivity contribution in [2.45, 2.75) is 20.3 Å². The number of benzene rings is 3. The lowest BCUT2D eigenvalue weighted by molar-refractivity contribution is -0.151. The van der Waals surface area contributed by atoms with E-state index < -0.39 is 24.4 Å². The lowest BCUT2D eigenvalue weighted by atomic mass is 10.1. The van der Waals surface area contributed by atoms with Crippen LogP contribution < -0.4 is 15.0 Å². The number of carbonyl (C=O) groups is 3. The summed E-state index contributed by atoms with van der Waals surface area (Å²) in [7, 11) is 0. The second kappa shape index (κ2) is 10.6. The van der Waals surface area contributed by atoms with E-state index in [-0.39, 0.29) is 18.9 Å². The number of esters is 1. The lowest BCUT2D eigenvalue weighted by Crippen LogP contribution is -2.28. The predicted molar refractivity (Wildman–Crippen MR) is 134 cm³/mol. The molecule has 1 aliphatic rings. The molecule has 8 heteroatoms. The monoisotopic (exact) mass is 492 g/mol. The van der Waals surface area contributed by atoms with Crippen LogP contribution in [0.3, 0.4) is 0 Å². The first kappa shape index (κ1) is 24.3. The molecule has 0 spiro atoms. The highest BCUT2D eigenvalue weighted by Gasteiger charge is 2.36. The number of amides is 2. The summed E-state index contributed by atoms with van der Waals surface area (Å²) in [5.74, 6) is -0.558. The third kappa shape index (κ3) is 6.00. The van der Waals surface area contributed by atoms with Gasteiger partial charge in [-0.1, -0.05) is 29.8 Å². The molecule has 0 aliphatic carbocycles. The number of para-hydroxylation sites is 1. The molecular formula is C27H25ClN2O5. The van der Waals surface area contributed by atoms with Gasteiger partial charge in [0.2, 0.25) is 5.91 Å². The van der Waals surface area contributed by atoms with Crippen molar-refractivity contribution in [1.82, 2.24) is 0 Å². The number of hydrogen-bond donors (Lipinski definition) is 1. The van der Waals surface area contributed by atoms with Gasteiger partial charge in [-0.2, -0.15) is 0 Å². The van der Waals surface area contributed by atoms with Crippen LogP contribution in [-0.2, 0) is 19.1 Å². The van der Waals surface area contributed by atoms with Crippen molar-refractivity contribution in [3.8, 4) is 11.5 Å². The summed E-state index contributed by atoms with van der Waals surface area (Å²) in [6.07, 6.45) is 0.0197. The van der Waals surface area contributed by atoms with Gasteiger partial charge in [-0.3, -0.25) is 14.4 Å². The minimum atomic E-state index is -0.651. The summed E-state index contributed by atoms with van der Waals surface area (Å²) >= 11 is 6.01. The topological polar surface area (TPSA) is 84.9 Å². The van der Waals surface area contributed by atoms with Crippen molar-refractivity contribution in [2.75, 3.05) is 23.4 Å². The van der Waals surface area contributed by atoms with E-state index in [4.69, 9.17) is 21.1 Å². The Labute approximate surface area is 208 Å².